The third kappa shape index (κ3) is 3.05. The van der Waals surface area contributed by atoms with E-state index in [4.69, 9.17) is 5.73 Å². The second-order valence-corrected chi connectivity index (χ2v) is 4.94. The fourth-order valence-corrected chi connectivity index (χ4v) is 2.53. The van der Waals surface area contributed by atoms with Crippen LogP contribution in [-0.4, -0.2) is 24.5 Å². The average molecular weight is 236 g/mol. The summed E-state index contributed by atoms with van der Waals surface area (Å²) < 4.78 is 12.9. The minimum absolute atomic E-state index is 0.164. The van der Waals surface area contributed by atoms with Crippen LogP contribution in [0.2, 0.25) is 0 Å². The minimum Gasteiger partial charge on any atom is -0.330 e. The Balaban J connectivity index is 1.96. The van der Waals surface area contributed by atoms with Gasteiger partial charge in [0.05, 0.1) is 0 Å². The average Bonchev–Trinajstić information content (AvgIpc) is 2.39. The molecule has 1 atom stereocenters. The molecule has 0 aliphatic carbocycles. The molecule has 1 aromatic rings. The molecule has 2 rings (SSSR count). The van der Waals surface area contributed by atoms with Crippen LogP contribution in [0.25, 0.3) is 0 Å². The van der Waals surface area contributed by atoms with Crippen molar-refractivity contribution in [1.82, 2.24) is 4.90 Å². The van der Waals surface area contributed by atoms with Gasteiger partial charge in [0.15, 0.2) is 0 Å². The molecule has 1 aliphatic heterocycles. The fraction of sp³-hybridized carbons (Fsp3) is 0.571. The third-order valence-corrected chi connectivity index (χ3v) is 3.88. The van der Waals surface area contributed by atoms with Gasteiger partial charge in [-0.3, -0.25) is 4.90 Å². The lowest BCUT2D eigenvalue weighted by molar-refractivity contribution is 0.143. The first kappa shape index (κ1) is 12.5. The Morgan fingerprint density at radius 2 is 1.88 bits per heavy atom. The molecule has 17 heavy (non-hydrogen) atoms. The van der Waals surface area contributed by atoms with E-state index in [1.807, 2.05) is 12.1 Å². The molecule has 1 fully saturated rings. The Labute approximate surface area is 103 Å². The zero-order valence-electron chi connectivity index (χ0n) is 10.4. The van der Waals surface area contributed by atoms with Crippen molar-refractivity contribution in [2.75, 3.05) is 19.6 Å². The second-order valence-electron chi connectivity index (χ2n) is 4.94. The number of rotatable bonds is 3. The summed E-state index contributed by atoms with van der Waals surface area (Å²) in [7, 11) is 0. The number of likely N-dealkylation sites (tertiary alicyclic amines) is 1. The largest absolute Gasteiger partial charge is 0.330 e. The van der Waals surface area contributed by atoms with E-state index in [0.717, 1.165) is 19.6 Å². The van der Waals surface area contributed by atoms with Crippen LogP contribution in [0.3, 0.4) is 0 Å². The number of hydrogen-bond donors (Lipinski definition) is 1. The SMILES string of the molecule is CC(c1ccc(F)cc1)N1CCC(CN)CC1. The van der Waals surface area contributed by atoms with Crippen molar-refractivity contribution < 1.29 is 4.39 Å². The molecule has 2 N–H and O–H groups in total. The van der Waals surface area contributed by atoms with Crippen molar-refractivity contribution >= 4 is 0 Å². The van der Waals surface area contributed by atoms with Crippen molar-refractivity contribution in [3.8, 4) is 0 Å². The van der Waals surface area contributed by atoms with Gasteiger partial charge in [-0.15, -0.1) is 0 Å². The lowest BCUT2D eigenvalue weighted by atomic mass is 9.95. The number of benzene rings is 1. The highest BCUT2D eigenvalue weighted by Gasteiger charge is 2.22. The predicted octanol–water partition coefficient (Wildman–Crippen LogP) is 2.56. The van der Waals surface area contributed by atoms with Crippen LogP contribution in [0, 0.1) is 11.7 Å². The Kier molecular flexibility index (Phi) is 4.13. The zero-order valence-corrected chi connectivity index (χ0v) is 10.4. The van der Waals surface area contributed by atoms with Gasteiger partial charge in [-0.05, 0) is 63.0 Å². The van der Waals surface area contributed by atoms with Crippen LogP contribution < -0.4 is 5.73 Å². The summed E-state index contributed by atoms with van der Waals surface area (Å²) in [6, 6.07) is 7.22. The quantitative estimate of drug-likeness (QED) is 0.874. The van der Waals surface area contributed by atoms with Gasteiger partial charge in [0, 0.05) is 6.04 Å². The van der Waals surface area contributed by atoms with E-state index in [-0.39, 0.29) is 5.82 Å². The Morgan fingerprint density at radius 3 is 2.41 bits per heavy atom. The van der Waals surface area contributed by atoms with E-state index in [1.54, 1.807) is 12.1 Å². The molecule has 0 aromatic heterocycles. The van der Waals surface area contributed by atoms with Gasteiger partial charge in [0.1, 0.15) is 5.82 Å². The predicted molar refractivity (Wildman–Crippen MR) is 68.2 cm³/mol. The summed E-state index contributed by atoms with van der Waals surface area (Å²) in [5.74, 6) is 0.523. The molecule has 2 nitrogen and oxygen atoms in total. The zero-order chi connectivity index (χ0) is 12.3. The fourth-order valence-electron chi connectivity index (χ4n) is 2.53. The monoisotopic (exact) mass is 236 g/mol. The van der Waals surface area contributed by atoms with Crippen LogP contribution in [0.4, 0.5) is 4.39 Å². The third-order valence-electron chi connectivity index (χ3n) is 3.88. The lowest BCUT2D eigenvalue weighted by Crippen LogP contribution is -2.37. The Bertz CT molecular complexity index is 342. The first-order valence-electron chi connectivity index (χ1n) is 6.40. The highest BCUT2D eigenvalue weighted by molar-refractivity contribution is 5.19. The van der Waals surface area contributed by atoms with Gasteiger partial charge in [-0.25, -0.2) is 4.39 Å². The smallest absolute Gasteiger partial charge is 0.123 e. The first-order valence-corrected chi connectivity index (χ1v) is 6.40. The van der Waals surface area contributed by atoms with E-state index in [2.05, 4.69) is 11.8 Å². The molecule has 1 heterocycles. The molecule has 94 valence electrons. The molecule has 1 aromatic carbocycles. The van der Waals surface area contributed by atoms with Gasteiger partial charge in [-0.2, -0.15) is 0 Å². The number of piperidine rings is 1. The van der Waals surface area contributed by atoms with Crippen molar-refractivity contribution in [3.05, 3.63) is 35.6 Å². The van der Waals surface area contributed by atoms with Crippen LogP contribution in [0.5, 0.6) is 0 Å². The number of halogens is 1. The van der Waals surface area contributed by atoms with E-state index in [9.17, 15) is 4.39 Å². The van der Waals surface area contributed by atoms with Gasteiger partial charge in [0.2, 0.25) is 0 Å². The van der Waals surface area contributed by atoms with Crippen LogP contribution in [0.15, 0.2) is 24.3 Å². The molecule has 0 radical (unpaired) electrons. The maximum absolute atomic E-state index is 12.9. The summed E-state index contributed by atoms with van der Waals surface area (Å²) in [5.41, 5.74) is 6.88. The van der Waals surface area contributed by atoms with E-state index >= 15 is 0 Å². The molecule has 0 bridgehead atoms. The van der Waals surface area contributed by atoms with Crippen molar-refractivity contribution in [2.45, 2.75) is 25.8 Å². The van der Waals surface area contributed by atoms with E-state index in [1.165, 1.54) is 18.4 Å². The summed E-state index contributed by atoms with van der Waals surface area (Å²) in [4.78, 5) is 2.46. The van der Waals surface area contributed by atoms with E-state index < -0.39 is 0 Å². The molecule has 0 spiro atoms. The number of nitrogens with zero attached hydrogens (tertiary/aromatic N) is 1. The summed E-state index contributed by atoms with van der Waals surface area (Å²) >= 11 is 0. The normalized spacial score (nSPS) is 20.4. The van der Waals surface area contributed by atoms with Crippen LogP contribution >= 0.6 is 0 Å². The van der Waals surface area contributed by atoms with Gasteiger partial charge in [-0.1, -0.05) is 12.1 Å². The molecule has 0 amide bonds. The molecule has 0 saturated carbocycles. The van der Waals surface area contributed by atoms with Gasteiger partial charge < -0.3 is 5.73 Å². The molecule has 1 aliphatic rings. The Hall–Kier alpha value is -0.930. The molecular formula is C14H21FN2. The topological polar surface area (TPSA) is 29.3 Å². The molecule has 1 unspecified atom stereocenters. The maximum atomic E-state index is 12.9. The number of nitrogens with two attached hydrogens (primary N) is 1. The van der Waals surface area contributed by atoms with E-state index in [0.29, 0.717) is 12.0 Å². The highest BCUT2D eigenvalue weighted by Crippen LogP contribution is 2.26. The van der Waals surface area contributed by atoms with Crippen molar-refractivity contribution in [2.24, 2.45) is 11.7 Å². The first-order chi connectivity index (χ1) is 8.20. The van der Waals surface area contributed by atoms with Crippen LogP contribution in [0.1, 0.15) is 31.4 Å². The Morgan fingerprint density at radius 1 is 1.29 bits per heavy atom. The van der Waals surface area contributed by atoms with Crippen molar-refractivity contribution in [3.63, 3.8) is 0 Å². The summed E-state index contributed by atoms with van der Waals surface area (Å²) in [6.45, 7) is 5.19. The summed E-state index contributed by atoms with van der Waals surface area (Å²) in [5, 5.41) is 0. The second kappa shape index (κ2) is 5.61. The van der Waals surface area contributed by atoms with Gasteiger partial charge >= 0.3 is 0 Å². The lowest BCUT2D eigenvalue weighted by Gasteiger charge is -2.35. The highest BCUT2D eigenvalue weighted by atomic mass is 19.1. The molecule has 3 heteroatoms. The summed E-state index contributed by atoms with van der Waals surface area (Å²) in [6.07, 6.45) is 2.37. The number of hydrogen-bond acceptors (Lipinski definition) is 2. The van der Waals surface area contributed by atoms with Gasteiger partial charge in [0.25, 0.3) is 0 Å². The molecular weight excluding hydrogens is 215 g/mol. The van der Waals surface area contributed by atoms with Crippen molar-refractivity contribution in [1.29, 1.82) is 0 Å². The van der Waals surface area contributed by atoms with Crippen LogP contribution in [-0.2, 0) is 0 Å². The standard InChI is InChI=1S/C14H21FN2/c1-11(13-2-4-14(15)5-3-13)17-8-6-12(10-16)7-9-17/h2-5,11-12H,6-10,16H2,1H3. The minimum atomic E-state index is -0.164. The molecule has 1 saturated heterocycles. The maximum Gasteiger partial charge on any atom is 0.123 e.